The molecule has 0 aliphatic carbocycles. The third-order valence-electron chi connectivity index (χ3n) is 7.20. The van der Waals surface area contributed by atoms with Gasteiger partial charge in [0, 0.05) is 36.6 Å². The van der Waals surface area contributed by atoms with Gasteiger partial charge in [-0.25, -0.2) is 4.68 Å². The van der Waals surface area contributed by atoms with Crippen LogP contribution in [0.4, 0.5) is 0 Å². The van der Waals surface area contributed by atoms with Crippen molar-refractivity contribution in [3.8, 4) is 0 Å². The SMILES string of the molecule is CCC(C)(C)n1nnnc1C(c1cc2cc(C)ccc2[nH]c1=O)N(Cc1ccccc1)Cc1cccnc1. The molecule has 0 amide bonds. The number of pyridine rings is 2. The van der Waals surface area contributed by atoms with Crippen molar-refractivity contribution < 1.29 is 0 Å². The molecule has 8 heteroatoms. The summed E-state index contributed by atoms with van der Waals surface area (Å²) < 4.78 is 1.87. The van der Waals surface area contributed by atoms with Gasteiger partial charge in [0.15, 0.2) is 5.82 Å². The van der Waals surface area contributed by atoms with Crippen LogP contribution in [0.25, 0.3) is 10.9 Å². The molecule has 1 atom stereocenters. The smallest absolute Gasteiger partial charge is 0.253 e. The van der Waals surface area contributed by atoms with Crippen LogP contribution in [0.1, 0.15) is 61.3 Å². The normalized spacial score (nSPS) is 12.8. The molecule has 0 radical (unpaired) electrons. The number of tetrazole rings is 1. The van der Waals surface area contributed by atoms with Gasteiger partial charge in [0.25, 0.3) is 5.56 Å². The zero-order valence-electron chi connectivity index (χ0n) is 22.3. The lowest BCUT2D eigenvalue weighted by Crippen LogP contribution is -2.38. The monoisotopic (exact) mass is 507 g/mol. The molecule has 3 heterocycles. The van der Waals surface area contributed by atoms with Crippen LogP contribution in [-0.2, 0) is 18.6 Å². The van der Waals surface area contributed by atoms with Gasteiger partial charge in [-0.1, -0.05) is 55.0 Å². The molecule has 2 aromatic carbocycles. The second-order valence-electron chi connectivity index (χ2n) is 10.4. The molecule has 8 nitrogen and oxygen atoms in total. The minimum atomic E-state index is -0.509. The van der Waals surface area contributed by atoms with E-state index in [4.69, 9.17) is 0 Å². The van der Waals surface area contributed by atoms with Crippen molar-refractivity contribution >= 4 is 10.9 Å². The Morgan fingerprint density at radius 1 is 1.00 bits per heavy atom. The molecule has 0 saturated carbocycles. The zero-order chi connectivity index (χ0) is 26.7. The van der Waals surface area contributed by atoms with Gasteiger partial charge in [0.2, 0.25) is 0 Å². The van der Waals surface area contributed by atoms with Gasteiger partial charge in [-0.3, -0.25) is 14.7 Å². The highest BCUT2D eigenvalue weighted by molar-refractivity contribution is 5.79. The Labute approximate surface area is 222 Å². The predicted molar refractivity (Wildman–Crippen MR) is 149 cm³/mol. The first kappa shape index (κ1) is 25.5. The van der Waals surface area contributed by atoms with E-state index in [1.54, 1.807) is 6.20 Å². The molecule has 0 saturated heterocycles. The summed E-state index contributed by atoms with van der Waals surface area (Å²) in [4.78, 5) is 23.4. The highest BCUT2D eigenvalue weighted by atomic mass is 16.1. The molecule has 194 valence electrons. The fraction of sp³-hybridized carbons (Fsp3) is 0.300. The van der Waals surface area contributed by atoms with Crippen molar-refractivity contribution in [1.29, 1.82) is 0 Å². The van der Waals surface area contributed by atoms with Crippen molar-refractivity contribution in [2.45, 2.75) is 58.8 Å². The van der Waals surface area contributed by atoms with Crippen molar-refractivity contribution in [1.82, 2.24) is 35.1 Å². The Kier molecular flexibility index (Phi) is 7.15. The van der Waals surface area contributed by atoms with Gasteiger partial charge in [0.1, 0.15) is 6.04 Å². The summed E-state index contributed by atoms with van der Waals surface area (Å²) in [6.45, 7) is 9.53. The molecule has 5 rings (SSSR count). The third kappa shape index (κ3) is 5.26. The lowest BCUT2D eigenvalue weighted by molar-refractivity contribution is 0.180. The average Bonchev–Trinajstić information content (AvgIpc) is 3.41. The maximum absolute atomic E-state index is 13.7. The molecular formula is C30H33N7O. The van der Waals surface area contributed by atoms with E-state index < -0.39 is 6.04 Å². The first-order chi connectivity index (χ1) is 18.4. The molecule has 3 aromatic heterocycles. The Bertz CT molecular complexity index is 1530. The van der Waals surface area contributed by atoms with E-state index in [0.29, 0.717) is 24.5 Å². The third-order valence-corrected chi connectivity index (χ3v) is 7.20. The number of aromatic amines is 1. The zero-order valence-corrected chi connectivity index (χ0v) is 22.3. The summed E-state index contributed by atoms with van der Waals surface area (Å²) >= 11 is 0. The predicted octanol–water partition coefficient (Wildman–Crippen LogP) is 5.15. The van der Waals surface area contributed by atoms with Crippen molar-refractivity contribution in [3.05, 3.63) is 118 Å². The number of benzene rings is 2. The number of aromatic nitrogens is 6. The van der Waals surface area contributed by atoms with Gasteiger partial charge in [-0.15, -0.1) is 5.10 Å². The van der Waals surface area contributed by atoms with Gasteiger partial charge in [-0.2, -0.15) is 0 Å². The number of hydrogen-bond acceptors (Lipinski definition) is 6. The lowest BCUT2D eigenvalue weighted by atomic mass is 9.98. The fourth-order valence-electron chi connectivity index (χ4n) is 4.77. The Morgan fingerprint density at radius 3 is 2.50 bits per heavy atom. The topological polar surface area (TPSA) is 92.6 Å². The fourth-order valence-corrected chi connectivity index (χ4v) is 4.77. The Balaban J connectivity index is 1.74. The molecule has 0 spiro atoms. The Morgan fingerprint density at radius 2 is 1.76 bits per heavy atom. The minimum absolute atomic E-state index is 0.153. The number of rotatable bonds is 9. The van der Waals surface area contributed by atoms with Crippen LogP contribution in [0.5, 0.6) is 0 Å². The highest BCUT2D eigenvalue weighted by Crippen LogP contribution is 2.32. The molecule has 0 bridgehead atoms. The molecule has 0 aliphatic rings. The maximum atomic E-state index is 13.7. The highest BCUT2D eigenvalue weighted by Gasteiger charge is 2.34. The molecule has 1 unspecified atom stereocenters. The van der Waals surface area contributed by atoms with Crippen LogP contribution < -0.4 is 5.56 Å². The van der Waals surface area contributed by atoms with Crippen LogP contribution in [0.2, 0.25) is 0 Å². The van der Waals surface area contributed by atoms with Crippen molar-refractivity contribution in [3.63, 3.8) is 0 Å². The van der Waals surface area contributed by atoms with Crippen LogP contribution >= 0.6 is 0 Å². The minimum Gasteiger partial charge on any atom is -0.322 e. The van der Waals surface area contributed by atoms with E-state index in [1.807, 2.05) is 53.3 Å². The average molecular weight is 508 g/mol. The summed E-state index contributed by atoms with van der Waals surface area (Å²) in [6.07, 6.45) is 4.46. The van der Waals surface area contributed by atoms with Gasteiger partial charge >= 0.3 is 0 Å². The largest absolute Gasteiger partial charge is 0.322 e. The number of hydrogen-bond donors (Lipinski definition) is 1. The van der Waals surface area contributed by atoms with Crippen LogP contribution in [0, 0.1) is 6.92 Å². The molecule has 5 aromatic rings. The number of nitrogens with one attached hydrogen (secondary N) is 1. The summed E-state index contributed by atoms with van der Waals surface area (Å²) in [5.74, 6) is 0.633. The summed E-state index contributed by atoms with van der Waals surface area (Å²) in [6, 6.07) is 21.8. The van der Waals surface area contributed by atoms with Gasteiger partial charge in [-0.05, 0) is 78.4 Å². The number of fused-ring (bicyclic) bond motifs is 1. The second-order valence-corrected chi connectivity index (χ2v) is 10.4. The number of aryl methyl sites for hydroxylation is 1. The van der Waals surface area contributed by atoms with E-state index >= 15 is 0 Å². The number of H-pyrrole nitrogens is 1. The standard InChI is InChI=1S/C30H33N7O/c1-5-30(3,4)37-28(33-34-35-37)27(25-17-24-16-21(2)13-14-26(24)32-29(25)38)36(19-22-10-7-6-8-11-22)20-23-12-9-15-31-18-23/h6-18,27H,5,19-20H2,1-4H3,(H,32,38). The van der Waals surface area contributed by atoms with Crippen LogP contribution in [-0.4, -0.2) is 35.1 Å². The van der Waals surface area contributed by atoms with E-state index in [0.717, 1.165) is 34.0 Å². The quantitative estimate of drug-likeness (QED) is 0.296. The van der Waals surface area contributed by atoms with Crippen molar-refractivity contribution in [2.75, 3.05) is 0 Å². The van der Waals surface area contributed by atoms with Crippen LogP contribution in [0.15, 0.2) is 83.9 Å². The van der Waals surface area contributed by atoms with Crippen LogP contribution in [0.3, 0.4) is 0 Å². The summed E-state index contributed by atoms with van der Waals surface area (Å²) in [5, 5.41) is 14.0. The Hall–Kier alpha value is -4.17. The van der Waals surface area contributed by atoms with Gasteiger partial charge < -0.3 is 4.98 Å². The summed E-state index contributed by atoms with van der Waals surface area (Å²) in [5.41, 5.74) is 4.20. The number of nitrogens with zero attached hydrogens (tertiary/aromatic N) is 6. The molecule has 1 N–H and O–H groups in total. The summed E-state index contributed by atoms with van der Waals surface area (Å²) in [7, 11) is 0. The second kappa shape index (κ2) is 10.7. The molecule has 0 aliphatic heterocycles. The van der Waals surface area contributed by atoms with E-state index in [2.05, 4.69) is 82.4 Å². The van der Waals surface area contributed by atoms with Crippen molar-refractivity contribution in [2.24, 2.45) is 0 Å². The van der Waals surface area contributed by atoms with E-state index in [1.165, 1.54) is 0 Å². The molecular weight excluding hydrogens is 474 g/mol. The molecule has 0 fully saturated rings. The first-order valence-electron chi connectivity index (χ1n) is 12.9. The van der Waals surface area contributed by atoms with E-state index in [9.17, 15) is 4.79 Å². The lowest BCUT2D eigenvalue weighted by Gasteiger charge is -2.33. The first-order valence-corrected chi connectivity index (χ1v) is 12.9. The maximum Gasteiger partial charge on any atom is 0.253 e. The van der Waals surface area contributed by atoms with Gasteiger partial charge in [0.05, 0.1) is 5.54 Å². The molecule has 38 heavy (non-hydrogen) atoms. The van der Waals surface area contributed by atoms with E-state index in [-0.39, 0.29) is 11.1 Å².